The predicted octanol–water partition coefficient (Wildman–Crippen LogP) is 3.16. The Balaban J connectivity index is 2.59. The van der Waals surface area contributed by atoms with Gasteiger partial charge in [0, 0.05) is 6.42 Å². The Morgan fingerprint density at radius 1 is 1.33 bits per heavy atom. The van der Waals surface area contributed by atoms with Crippen LogP contribution in [0.5, 0.6) is 5.75 Å². The highest BCUT2D eigenvalue weighted by atomic mass is 19.1. The van der Waals surface area contributed by atoms with Crippen molar-refractivity contribution in [1.29, 1.82) is 0 Å². The average Bonchev–Trinajstić information content (AvgIpc) is 2.49. The summed E-state index contributed by atoms with van der Waals surface area (Å²) in [6, 6.07) is 3.82. The number of carboxylic acids is 1. The molecular formula is C18H26FNO4. The van der Waals surface area contributed by atoms with E-state index in [-0.39, 0.29) is 24.0 Å². The molecule has 2 N–H and O–H groups in total. The summed E-state index contributed by atoms with van der Waals surface area (Å²) < 4.78 is 18.9. The number of rotatable bonds is 8. The number of halogens is 1. The lowest BCUT2D eigenvalue weighted by Gasteiger charge is -2.21. The van der Waals surface area contributed by atoms with E-state index < -0.39 is 23.7 Å². The van der Waals surface area contributed by atoms with Gasteiger partial charge in [-0.05, 0) is 36.3 Å². The molecule has 0 saturated carbocycles. The van der Waals surface area contributed by atoms with E-state index in [0.717, 1.165) is 0 Å². The minimum atomic E-state index is -1.06. The fraction of sp³-hybridized carbons (Fsp3) is 0.556. The minimum Gasteiger partial charge on any atom is -0.494 e. The third kappa shape index (κ3) is 6.56. The maximum Gasteiger partial charge on any atom is 0.326 e. The van der Waals surface area contributed by atoms with Gasteiger partial charge in [0.2, 0.25) is 5.91 Å². The number of carboxylic acid groups (broad SMARTS) is 1. The van der Waals surface area contributed by atoms with Gasteiger partial charge in [0.25, 0.3) is 0 Å². The number of benzene rings is 1. The van der Waals surface area contributed by atoms with Gasteiger partial charge in [0.15, 0.2) is 11.6 Å². The molecule has 0 heterocycles. The van der Waals surface area contributed by atoms with Crippen LogP contribution >= 0.6 is 0 Å². The van der Waals surface area contributed by atoms with Crippen molar-refractivity contribution >= 4 is 11.9 Å². The lowest BCUT2D eigenvalue weighted by Crippen LogP contribution is -2.41. The second-order valence-electron chi connectivity index (χ2n) is 6.99. The molecule has 0 aliphatic heterocycles. The van der Waals surface area contributed by atoms with Gasteiger partial charge in [-0.3, -0.25) is 4.79 Å². The van der Waals surface area contributed by atoms with Crippen molar-refractivity contribution in [2.24, 2.45) is 5.41 Å². The molecule has 0 spiro atoms. The van der Waals surface area contributed by atoms with Crippen LogP contribution in [0.15, 0.2) is 18.2 Å². The van der Waals surface area contributed by atoms with E-state index in [1.807, 2.05) is 20.8 Å². The first-order valence-electron chi connectivity index (χ1n) is 7.97. The summed E-state index contributed by atoms with van der Waals surface area (Å²) >= 11 is 0. The molecule has 0 fully saturated rings. The summed E-state index contributed by atoms with van der Waals surface area (Å²) in [5, 5.41) is 11.7. The number of carbonyl (C=O) groups is 2. The van der Waals surface area contributed by atoms with Crippen molar-refractivity contribution in [3.05, 3.63) is 29.6 Å². The van der Waals surface area contributed by atoms with Crippen LogP contribution in [0.3, 0.4) is 0 Å². The molecule has 0 bridgehead atoms. The van der Waals surface area contributed by atoms with E-state index in [1.54, 1.807) is 12.1 Å². The highest BCUT2D eigenvalue weighted by Crippen LogP contribution is 2.22. The molecule has 0 saturated heterocycles. The zero-order valence-corrected chi connectivity index (χ0v) is 14.7. The lowest BCUT2D eigenvalue weighted by atomic mass is 9.88. The number of hydrogen-bond donors (Lipinski definition) is 2. The molecule has 24 heavy (non-hydrogen) atoms. The highest BCUT2D eigenvalue weighted by molar-refractivity contribution is 5.83. The van der Waals surface area contributed by atoms with Crippen LogP contribution in [-0.4, -0.2) is 30.1 Å². The van der Waals surface area contributed by atoms with Crippen LogP contribution in [-0.2, 0) is 16.0 Å². The summed E-state index contributed by atoms with van der Waals surface area (Å²) in [6.45, 7) is 6.04. The van der Waals surface area contributed by atoms with Crippen molar-refractivity contribution in [2.75, 3.05) is 7.11 Å². The second-order valence-corrected chi connectivity index (χ2v) is 6.99. The van der Waals surface area contributed by atoms with Gasteiger partial charge >= 0.3 is 5.97 Å². The van der Waals surface area contributed by atoms with Crippen molar-refractivity contribution in [1.82, 2.24) is 5.32 Å². The molecular weight excluding hydrogens is 313 g/mol. The van der Waals surface area contributed by atoms with E-state index in [9.17, 15) is 19.1 Å². The van der Waals surface area contributed by atoms with Gasteiger partial charge in [-0.15, -0.1) is 0 Å². The molecule has 1 rings (SSSR count). The molecule has 1 aromatic carbocycles. The molecule has 134 valence electrons. The van der Waals surface area contributed by atoms with Gasteiger partial charge < -0.3 is 15.2 Å². The second kappa shape index (κ2) is 8.66. The SMILES string of the molecule is COc1cccc(CCC(=O)NC(CCC(C)(C)C)C(=O)O)c1F. The normalized spacial score (nSPS) is 12.5. The summed E-state index contributed by atoms with van der Waals surface area (Å²) in [6.07, 6.45) is 1.23. The largest absolute Gasteiger partial charge is 0.494 e. The first-order valence-corrected chi connectivity index (χ1v) is 7.97. The van der Waals surface area contributed by atoms with Crippen molar-refractivity contribution in [3.8, 4) is 5.75 Å². The third-order valence-electron chi connectivity index (χ3n) is 3.70. The molecule has 1 amide bonds. The summed E-state index contributed by atoms with van der Waals surface area (Å²) in [5.74, 6) is -1.82. The molecule has 5 nitrogen and oxygen atoms in total. The van der Waals surface area contributed by atoms with Crippen molar-refractivity contribution in [3.63, 3.8) is 0 Å². The Morgan fingerprint density at radius 3 is 2.54 bits per heavy atom. The van der Waals surface area contributed by atoms with Gasteiger partial charge in [-0.2, -0.15) is 0 Å². The molecule has 1 aromatic rings. The maximum absolute atomic E-state index is 14.0. The quantitative estimate of drug-likeness (QED) is 0.763. The van der Waals surface area contributed by atoms with Crippen LogP contribution in [0.25, 0.3) is 0 Å². The number of aryl methyl sites for hydroxylation is 1. The van der Waals surface area contributed by atoms with Gasteiger partial charge in [0.05, 0.1) is 7.11 Å². The fourth-order valence-corrected chi connectivity index (χ4v) is 2.26. The smallest absolute Gasteiger partial charge is 0.326 e. The molecule has 0 aliphatic rings. The number of nitrogens with one attached hydrogen (secondary N) is 1. The van der Waals surface area contributed by atoms with Gasteiger partial charge in [-0.25, -0.2) is 9.18 Å². The van der Waals surface area contributed by atoms with E-state index >= 15 is 0 Å². The summed E-state index contributed by atoms with van der Waals surface area (Å²) in [4.78, 5) is 23.3. The Bertz CT molecular complexity index is 581. The van der Waals surface area contributed by atoms with Crippen molar-refractivity contribution < 1.29 is 23.8 Å². The van der Waals surface area contributed by atoms with Gasteiger partial charge in [-0.1, -0.05) is 32.9 Å². The Hall–Kier alpha value is -2.11. The number of methoxy groups -OCH3 is 1. The van der Waals surface area contributed by atoms with Gasteiger partial charge in [0.1, 0.15) is 6.04 Å². The van der Waals surface area contributed by atoms with E-state index in [2.05, 4.69) is 5.32 Å². The van der Waals surface area contributed by atoms with E-state index in [1.165, 1.54) is 13.2 Å². The van der Waals surface area contributed by atoms with E-state index in [4.69, 9.17) is 4.74 Å². The summed E-state index contributed by atoms with van der Waals surface area (Å²) in [5.41, 5.74) is 0.355. The molecule has 0 radical (unpaired) electrons. The Kier molecular flexibility index (Phi) is 7.19. The highest BCUT2D eigenvalue weighted by Gasteiger charge is 2.22. The maximum atomic E-state index is 14.0. The number of amides is 1. The minimum absolute atomic E-state index is 0.0118. The predicted molar refractivity (Wildman–Crippen MR) is 89.5 cm³/mol. The summed E-state index contributed by atoms with van der Waals surface area (Å²) in [7, 11) is 1.38. The molecule has 0 aromatic heterocycles. The molecule has 6 heteroatoms. The molecule has 0 aliphatic carbocycles. The van der Waals surface area contributed by atoms with Crippen LogP contribution in [0.4, 0.5) is 4.39 Å². The standard InChI is InChI=1S/C18H26FNO4/c1-18(2,3)11-10-13(17(22)23)20-15(21)9-8-12-6-5-7-14(24-4)16(12)19/h5-7,13H,8-11H2,1-4H3,(H,20,21)(H,22,23). The first-order chi connectivity index (χ1) is 11.1. The van der Waals surface area contributed by atoms with Crippen LogP contribution in [0.2, 0.25) is 0 Å². The zero-order valence-electron chi connectivity index (χ0n) is 14.7. The zero-order chi connectivity index (χ0) is 18.3. The average molecular weight is 339 g/mol. The van der Waals surface area contributed by atoms with Crippen molar-refractivity contribution in [2.45, 2.75) is 52.5 Å². The fourth-order valence-electron chi connectivity index (χ4n) is 2.26. The lowest BCUT2D eigenvalue weighted by molar-refractivity contribution is -0.142. The van der Waals surface area contributed by atoms with Crippen LogP contribution in [0, 0.1) is 11.2 Å². The number of carbonyl (C=O) groups excluding carboxylic acids is 1. The Labute approximate surface area is 142 Å². The first kappa shape index (κ1) is 19.9. The van der Waals surface area contributed by atoms with E-state index in [0.29, 0.717) is 18.4 Å². The topological polar surface area (TPSA) is 75.6 Å². The number of aliphatic carboxylic acids is 1. The van der Waals surface area contributed by atoms with Crippen LogP contribution < -0.4 is 10.1 Å². The monoisotopic (exact) mass is 339 g/mol. The number of hydrogen-bond acceptors (Lipinski definition) is 3. The van der Waals surface area contributed by atoms with Crippen LogP contribution in [0.1, 0.15) is 45.6 Å². The third-order valence-corrected chi connectivity index (χ3v) is 3.70. The Morgan fingerprint density at radius 2 is 2.00 bits per heavy atom. The number of ether oxygens (including phenoxy) is 1. The molecule has 1 atom stereocenters. The molecule has 1 unspecified atom stereocenters.